The molecule has 0 aliphatic carbocycles. The van der Waals surface area contributed by atoms with Gasteiger partial charge < -0.3 is 10.4 Å². The molecule has 0 radical (unpaired) electrons. The van der Waals surface area contributed by atoms with E-state index in [1.165, 1.54) is 0 Å². The molecule has 0 bridgehead atoms. The Bertz CT molecular complexity index is 627. The van der Waals surface area contributed by atoms with Crippen LogP contribution in [0.1, 0.15) is 23.7 Å². The van der Waals surface area contributed by atoms with Crippen LogP contribution in [-0.2, 0) is 4.79 Å². The molecule has 2 rings (SSSR count). The Morgan fingerprint density at radius 2 is 1.67 bits per heavy atom. The third-order valence-corrected chi connectivity index (χ3v) is 2.98. The minimum Gasteiger partial charge on any atom is -0.388 e. The molecule has 0 saturated carbocycles. The van der Waals surface area contributed by atoms with Gasteiger partial charge in [-0.2, -0.15) is 0 Å². The van der Waals surface area contributed by atoms with Gasteiger partial charge in [0.15, 0.2) is 0 Å². The summed E-state index contributed by atoms with van der Waals surface area (Å²) in [6.45, 7) is 0.387. The highest BCUT2D eigenvalue weighted by molar-refractivity contribution is 5.94. The zero-order chi connectivity index (χ0) is 14.9. The molecule has 0 saturated heterocycles. The predicted octanol–water partition coefficient (Wildman–Crippen LogP) is 2.28. The summed E-state index contributed by atoms with van der Waals surface area (Å²) in [4.78, 5) is 11.6. The predicted molar refractivity (Wildman–Crippen MR) is 82.3 cm³/mol. The highest BCUT2D eigenvalue weighted by atomic mass is 16.3. The van der Waals surface area contributed by atoms with Gasteiger partial charge >= 0.3 is 0 Å². The van der Waals surface area contributed by atoms with Gasteiger partial charge in [0.2, 0.25) is 0 Å². The van der Waals surface area contributed by atoms with E-state index in [4.69, 9.17) is 0 Å². The van der Waals surface area contributed by atoms with Crippen molar-refractivity contribution in [1.29, 1.82) is 0 Å². The van der Waals surface area contributed by atoms with Crippen molar-refractivity contribution in [2.75, 3.05) is 6.54 Å². The second-order valence-electron chi connectivity index (χ2n) is 4.59. The summed E-state index contributed by atoms with van der Waals surface area (Å²) >= 11 is 0. The maximum Gasteiger partial charge on any atom is 0.296 e. The van der Waals surface area contributed by atoms with Gasteiger partial charge in [-0.3, -0.25) is 4.79 Å². The molecule has 1 atom stereocenters. The van der Waals surface area contributed by atoms with Crippen molar-refractivity contribution in [3.8, 4) is 11.8 Å². The number of amides is 1. The lowest BCUT2D eigenvalue weighted by molar-refractivity contribution is -0.115. The molecular formula is C18H17NO2. The van der Waals surface area contributed by atoms with Crippen LogP contribution in [0, 0.1) is 11.8 Å². The summed E-state index contributed by atoms with van der Waals surface area (Å²) in [5.74, 6) is 4.99. The average molecular weight is 279 g/mol. The van der Waals surface area contributed by atoms with E-state index in [-0.39, 0.29) is 5.91 Å². The summed E-state index contributed by atoms with van der Waals surface area (Å²) in [5, 5.41) is 12.6. The first kappa shape index (κ1) is 14.8. The summed E-state index contributed by atoms with van der Waals surface area (Å²) < 4.78 is 0. The standard InChI is InChI=1S/C18H17NO2/c20-17(16-9-5-2-6-10-16)13-14-19-18(21)12-11-15-7-3-1-4-8-15/h1-10,17,20H,13-14H2,(H,19,21). The smallest absolute Gasteiger partial charge is 0.296 e. The van der Waals surface area contributed by atoms with Crippen LogP contribution in [0.5, 0.6) is 0 Å². The minimum absolute atomic E-state index is 0.334. The number of rotatable bonds is 4. The Morgan fingerprint density at radius 3 is 2.33 bits per heavy atom. The summed E-state index contributed by atoms with van der Waals surface area (Å²) in [6, 6.07) is 18.7. The number of carbonyl (C=O) groups is 1. The molecule has 0 heterocycles. The second-order valence-corrected chi connectivity index (χ2v) is 4.59. The van der Waals surface area contributed by atoms with Crippen molar-refractivity contribution in [2.24, 2.45) is 0 Å². The molecule has 2 N–H and O–H groups in total. The van der Waals surface area contributed by atoms with Gasteiger partial charge in [-0.1, -0.05) is 54.5 Å². The van der Waals surface area contributed by atoms with Crippen molar-refractivity contribution >= 4 is 5.91 Å². The van der Waals surface area contributed by atoms with Gasteiger partial charge in [0.05, 0.1) is 6.10 Å². The number of aliphatic hydroxyl groups is 1. The quantitative estimate of drug-likeness (QED) is 0.844. The highest BCUT2D eigenvalue weighted by Gasteiger charge is 2.06. The number of benzene rings is 2. The van der Waals surface area contributed by atoms with E-state index in [0.717, 1.165) is 11.1 Å². The highest BCUT2D eigenvalue weighted by Crippen LogP contribution is 2.14. The Morgan fingerprint density at radius 1 is 1.05 bits per heavy atom. The lowest BCUT2D eigenvalue weighted by Crippen LogP contribution is -2.24. The minimum atomic E-state index is -0.575. The molecule has 2 aromatic rings. The van der Waals surface area contributed by atoms with E-state index >= 15 is 0 Å². The molecule has 0 fully saturated rings. The van der Waals surface area contributed by atoms with Crippen LogP contribution in [0.15, 0.2) is 60.7 Å². The summed E-state index contributed by atoms with van der Waals surface area (Å²) in [6.07, 6.45) is -0.114. The third kappa shape index (κ3) is 5.13. The molecule has 21 heavy (non-hydrogen) atoms. The van der Waals surface area contributed by atoms with Gasteiger partial charge in [-0.15, -0.1) is 0 Å². The molecule has 106 valence electrons. The average Bonchev–Trinajstić information content (AvgIpc) is 2.54. The number of carbonyl (C=O) groups excluding carboxylic acids is 1. The maximum atomic E-state index is 11.6. The zero-order valence-electron chi connectivity index (χ0n) is 11.6. The van der Waals surface area contributed by atoms with Crippen molar-refractivity contribution < 1.29 is 9.90 Å². The number of hydrogen-bond acceptors (Lipinski definition) is 2. The Kier molecular flexibility index (Phi) is 5.57. The van der Waals surface area contributed by atoms with Crippen LogP contribution >= 0.6 is 0 Å². The third-order valence-electron chi connectivity index (χ3n) is 2.98. The van der Waals surface area contributed by atoms with Crippen LogP contribution < -0.4 is 5.32 Å². The Hall–Kier alpha value is -2.57. The van der Waals surface area contributed by atoms with Crippen LogP contribution in [0.2, 0.25) is 0 Å². The van der Waals surface area contributed by atoms with Gasteiger partial charge in [-0.25, -0.2) is 0 Å². The normalized spacial score (nSPS) is 11.1. The second kappa shape index (κ2) is 7.88. The fourth-order valence-electron chi connectivity index (χ4n) is 1.86. The fraction of sp³-hybridized carbons (Fsp3) is 0.167. The largest absolute Gasteiger partial charge is 0.388 e. The van der Waals surface area contributed by atoms with Crippen molar-refractivity contribution in [1.82, 2.24) is 5.32 Å². The van der Waals surface area contributed by atoms with E-state index < -0.39 is 6.10 Å². The SMILES string of the molecule is O=C(C#Cc1ccccc1)NCCC(O)c1ccccc1. The summed E-state index contributed by atoms with van der Waals surface area (Å²) in [7, 11) is 0. The Labute approximate surface area is 124 Å². The fourth-order valence-corrected chi connectivity index (χ4v) is 1.86. The lowest BCUT2D eigenvalue weighted by Gasteiger charge is -2.10. The van der Waals surface area contributed by atoms with E-state index in [0.29, 0.717) is 13.0 Å². The number of nitrogens with one attached hydrogen (secondary N) is 1. The van der Waals surface area contributed by atoms with Crippen molar-refractivity contribution in [3.05, 3.63) is 71.8 Å². The van der Waals surface area contributed by atoms with Gasteiger partial charge in [0, 0.05) is 18.0 Å². The van der Waals surface area contributed by atoms with Crippen molar-refractivity contribution in [3.63, 3.8) is 0 Å². The zero-order valence-corrected chi connectivity index (χ0v) is 11.6. The topological polar surface area (TPSA) is 49.3 Å². The molecule has 0 aromatic heterocycles. The molecule has 1 amide bonds. The van der Waals surface area contributed by atoms with Crippen LogP contribution in [-0.4, -0.2) is 17.6 Å². The molecule has 2 aromatic carbocycles. The first-order valence-electron chi connectivity index (χ1n) is 6.83. The first-order valence-corrected chi connectivity index (χ1v) is 6.83. The molecular weight excluding hydrogens is 262 g/mol. The van der Waals surface area contributed by atoms with E-state index in [9.17, 15) is 9.90 Å². The maximum absolute atomic E-state index is 11.6. The van der Waals surface area contributed by atoms with Gasteiger partial charge in [0.25, 0.3) is 5.91 Å². The molecule has 1 unspecified atom stereocenters. The monoisotopic (exact) mass is 279 g/mol. The molecule has 0 aliphatic heterocycles. The van der Waals surface area contributed by atoms with Crippen molar-refractivity contribution in [2.45, 2.75) is 12.5 Å². The van der Waals surface area contributed by atoms with Crippen LogP contribution in [0.25, 0.3) is 0 Å². The van der Waals surface area contributed by atoms with Gasteiger partial charge in [-0.05, 0) is 24.1 Å². The Balaban J connectivity index is 1.76. The molecule has 3 heteroatoms. The molecule has 0 spiro atoms. The molecule has 3 nitrogen and oxygen atoms in total. The van der Waals surface area contributed by atoms with E-state index in [2.05, 4.69) is 17.2 Å². The number of aliphatic hydroxyl groups excluding tert-OH is 1. The summed E-state index contributed by atoms with van der Waals surface area (Å²) in [5.41, 5.74) is 1.65. The first-order chi connectivity index (χ1) is 10.3. The van der Waals surface area contributed by atoms with Crippen LogP contribution in [0.4, 0.5) is 0 Å². The van der Waals surface area contributed by atoms with Gasteiger partial charge in [0.1, 0.15) is 0 Å². The van der Waals surface area contributed by atoms with Crippen LogP contribution in [0.3, 0.4) is 0 Å². The number of hydrogen-bond donors (Lipinski definition) is 2. The molecule has 0 aliphatic rings. The lowest BCUT2D eigenvalue weighted by atomic mass is 10.1. The van der Waals surface area contributed by atoms with E-state index in [1.807, 2.05) is 60.7 Å². The van der Waals surface area contributed by atoms with E-state index in [1.54, 1.807) is 0 Å².